The predicted octanol–water partition coefficient (Wildman–Crippen LogP) is 6.93. The van der Waals surface area contributed by atoms with Crippen molar-refractivity contribution < 1.29 is 31.1 Å². The Kier molecular flexibility index (Phi) is 6.01. The SMILES string of the molecule is O=C(c1ccccc1)C(Cc1ccc(C(F)(F)F)cc1)c1ccc(C(F)(F)F)cc1. The number of ketones is 1. The average molecular weight is 422 g/mol. The van der Waals surface area contributed by atoms with E-state index >= 15 is 0 Å². The summed E-state index contributed by atoms with van der Waals surface area (Å²) < 4.78 is 77.0. The summed E-state index contributed by atoms with van der Waals surface area (Å²) in [6.45, 7) is 0. The highest BCUT2D eigenvalue weighted by molar-refractivity contribution is 6.01. The summed E-state index contributed by atoms with van der Waals surface area (Å²) >= 11 is 0. The first kappa shape index (κ1) is 21.6. The monoisotopic (exact) mass is 422 g/mol. The van der Waals surface area contributed by atoms with Crippen molar-refractivity contribution in [2.75, 3.05) is 0 Å². The van der Waals surface area contributed by atoms with Crippen LogP contribution in [-0.2, 0) is 18.8 Å². The quantitative estimate of drug-likeness (QED) is 0.322. The molecule has 0 aliphatic carbocycles. The zero-order valence-corrected chi connectivity index (χ0v) is 15.5. The van der Waals surface area contributed by atoms with Crippen LogP contribution in [0.4, 0.5) is 26.3 Å². The van der Waals surface area contributed by atoms with Gasteiger partial charge in [0.05, 0.1) is 17.0 Å². The summed E-state index contributed by atoms with van der Waals surface area (Å²) in [4.78, 5) is 13.1. The lowest BCUT2D eigenvalue weighted by atomic mass is 9.85. The Morgan fingerprint density at radius 3 is 1.60 bits per heavy atom. The molecule has 156 valence electrons. The van der Waals surface area contributed by atoms with E-state index in [0.29, 0.717) is 16.7 Å². The number of benzene rings is 3. The van der Waals surface area contributed by atoms with Crippen molar-refractivity contribution in [1.29, 1.82) is 0 Å². The fourth-order valence-corrected chi connectivity index (χ4v) is 3.14. The van der Waals surface area contributed by atoms with Crippen molar-refractivity contribution in [2.45, 2.75) is 24.7 Å². The molecule has 0 aromatic heterocycles. The Balaban J connectivity index is 1.95. The van der Waals surface area contributed by atoms with Crippen LogP contribution in [0.3, 0.4) is 0 Å². The third kappa shape index (κ3) is 5.09. The van der Waals surface area contributed by atoms with E-state index in [-0.39, 0.29) is 12.2 Å². The van der Waals surface area contributed by atoms with Crippen LogP contribution >= 0.6 is 0 Å². The minimum atomic E-state index is -4.51. The zero-order chi connectivity index (χ0) is 21.9. The summed E-state index contributed by atoms with van der Waals surface area (Å²) in [5.74, 6) is -1.17. The molecule has 30 heavy (non-hydrogen) atoms. The van der Waals surface area contributed by atoms with E-state index < -0.39 is 29.4 Å². The topological polar surface area (TPSA) is 17.1 Å². The molecule has 0 heterocycles. The number of hydrogen-bond acceptors (Lipinski definition) is 1. The van der Waals surface area contributed by atoms with Crippen LogP contribution in [0, 0.1) is 0 Å². The van der Waals surface area contributed by atoms with Gasteiger partial charge in [-0.1, -0.05) is 54.6 Å². The Morgan fingerprint density at radius 1 is 0.667 bits per heavy atom. The van der Waals surface area contributed by atoms with Gasteiger partial charge in [0.15, 0.2) is 5.78 Å². The second-order valence-electron chi connectivity index (χ2n) is 6.80. The van der Waals surface area contributed by atoms with Crippen LogP contribution in [0.5, 0.6) is 0 Å². The number of carbonyl (C=O) groups is 1. The molecule has 1 atom stereocenters. The van der Waals surface area contributed by atoms with Crippen molar-refractivity contribution in [1.82, 2.24) is 0 Å². The summed E-state index contributed by atoms with van der Waals surface area (Å²) in [5.41, 5.74) is -0.457. The van der Waals surface area contributed by atoms with Crippen LogP contribution < -0.4 is 0 Å². The molecule has 0 fully saturated rings. The van der Waals surface area contributed by atoms with Crippen LogP contribution in [0.15, 0.2) is 78.9 Å². The van der Waals surface area contributed by atoms with E-state index in [1.165, 1.54) is 24.3 Å². The molecule has 0 spiro atoms. The highest BCUT2D eigenvalue weighted by Crippen LogP contribution is 2.33. The molecule has 3 aromatic rings. The van der Waals surface area contributed by atoms with Gasteiger partial charge in [-0.2, -0.15) is 26.3 Å². The van der Waals surface area contributed by atoms with E-state index in [0.717, 1.165) is 24.3 Å². The minimum absolute atomic E-state index is 0.0528. The van der Waals surface area contributed by atoms with Crippen LogP contribution in [-0.4, -0.2) is 5.78 Å². The van der Waals surface area contributed by atoms with E-state index in [1.54, 1.807) is 30.3 Å². The van der Waals surface area contributed by atoms with Crippen molar-refractivity contribution in [3.63, 3.8) is 0 Å². The number of hydrogen-bond donors (Lipinski definition) is 0. The van der Waals surface area contributed by atoms with Gasteiger partial charge >= 0.3 is 12.4 Å². The zero-order valence-electron chi connectivity index (χ0n) is 15.5. The van der Waals surface area contributed by atoms with Gasteiger partial charge in [0.25, 0.3) is 0 Å². The van der Waals surface area contributed by atoms with Gasteiger partial charge in [-0.15, -0.1) is 0 Å². The van der Waals surface area contributed by atoms with Gasteiger partial charge < -0.3 is 0 Å². The Labute approximate surface area is 169 Å². The van der Waals surface area contributed by atoms with Crippen LogP contribution in [0.2, 0.25) is 0 Å². The maximum Gasteiger partial charge on any atom is 0.416 e. The molecule has 0 aliphatic rings. The normalized spacial score (nSPS) is 13.1. The number of halogens is 6. The molecule has 0 radical (unpaired) electrons. The highest BCUT2D eigenvalue weighted by atomic mass is 19.4. The van der Waals surface area contributed by atoms with Crippen LogP contribution in [0.25, 0.3) is 0 Å². The summed E-state index contributed by atoms with van der Waals surface area (Å²) in [5, 5.41) is 0. The third-order valence-corrected chi connectivity index (χ3v) is 4.74. The van der Waals surface area contributed by atoms with Crippen LogP contribution in [0.1, 0.15) is 38.5 Å². The largest absolute Gasteiger partial charge is 0.416 e. The number of carbonyl (C=O) groups excluding carboxylic acids is 1. The lowest BCUT2D eigenvalue weighted by molar-refractivity contribution is -0.138. The van der Waals surface area contributed by atoms with Gasteiger partial charge in [0.1, 0.15) is 0 Å². The van der Waals surface area contributed by atoms with Gasteiger partial charge in [0, 0.05) is 5.56 Å². The molecule has 1 unspecified atom stereocenters. The molecule has 0 bridgehead atoms. The average Bonchev–Trinajstić information content (AvgIpc) is 2.71. The van der Waals surface area contributed by atoms with Gasteiger partial charge in [-0.05, 0) is 41.8 Å². The third-order valence-electron chi connectivity index (χ3n) is 4.74. The Morgan fingerprint density at radius 2 is 1.13 bits per heavy atom. The van der Waals surface area contributed by atoms with E-state index in [2.05, 4.69) is 0 Å². The van der Waals surface area contributed by atoms with Gasteiger partial charge in [0.2, 0.25) is 0 Å². The molecule has 0 aliphatic heterocycles. The first-order chi connectivity index (χ1) is 14.1. The summed E-state index contributed by atoms with van der Waals surface area (Å²) in [6, 6.07) is 16.9. The first-order valence-corrected chi connectivity index (χ1v) is 8.98. The first-order valence-electron chi connectivity index (χ1n) is 8.98. The van der Waals surface area contributed by atoms with Crippen molar-refractivity contribution >= 4 is 5.78 Å². The van der Waals surface area contributed by atoms with Crippen molar-refractivity contribution in [2.24, 2.45) is 0 Å². The van der Waals surface area contributed by atoms with Crippen molar-refractivity contribution in [3.05, 3.63) is 107 Å². The standard InChI is InChI=1S/C23H16F6O/c24-22(25,26)18-10-6-15(7-11-18)14-20(21(30)17-4-2-1-3-5-17)16-8-12-19(13-9-16)23(27,28)29/h1-13,20H,14H2. The lowest BCUT2D eigenvalue weighted by Crippen LogP contribution is -2.16. The molecule has 0 N–H and O–H groups in total. The highest BCUT2D eigenvalue weighted by Gasteiger charge is 2.32. The molecule has 0 amide bonds. The Hall–Kier alpha value is -3.09. The molecule has 0 saturated heterocycles. The second kappa shape index (κ2) is 8.34. The van der Waals surface area contributed by atoms with E-state index in [9.17, 15) is 31.1 Å². The smallest absolute Gasteiger partial charge is 0.293 e. The fourth-order valence-electron chi connectivity index (χ4n) is 3.14. The Bertz CT molecular complexity index is 987. The molecule has 1 nitrogen and oxygen atoms in total. The molecule has 0 saturated carbocycles. The predicted molar refractivity (Wildman–Crippen MR) is 100 cm³/mol. The lowest BCUT2D eigenvalue weighted by Gasteiger charge is -2.18. The number of rotatable bonds is 5. The minimum Gasteiger partial charge on any atom is -0.293 e. The molecule has 3 aromatic carbocycles. The van der Waals surface area contributed by atoms with Gasteiger partial charge in [-0.25, -0.2) is 0 Å². The summed E-state index contributed by atoms with van der Waals surface area (Å²) in [7, 11) is 0. The van der Waals surface area contributed by atoms with Gasteiger partial charge in [-0.3, -0.25) is 4.79 Å². The molecule has 3 rings (SSSR count). The number of alkyl halides is 6. The maximum atomic E-state index is 13.1. The maximum absolute atomic E-state index is 13.1. The number of Topliss-reactive ketones (excluding diaryl/α,β-unsaturated/α-hetero) is 1. The molecular formula is C23H16F6O. The fraction of sp³-hybridized carbons (Fsp3) is 0.174. The second-order valence-corrected chi connectivity index (χ2v) is 6.80. The van der Waals surface area contributed by atoms with E-state index in [4.69, 9.17) is 0 Å². The van der Waals surface area contributed by atoms with E-state index in [1.807, 2.05) is 0 Å². The van der Waals surface area contributed by atoms with Crippen molar-refractivity contribution in [3.8, 4) is 0 Å². The molecule has 7 heteroatoms. The summed E-state index contributed by atoms with van der Waals surface area (Å²) in [6.07, 6.45) is -8.94. The molecular weight excluding hydrogens is 406 g/mol.